The summed E-state index contributed by atoms with van der Waals surface area (Å²) in [7, 11) is -2.24. The standard InChI is InChI=1S/C28H29N3O4S/c1-34-24-15-17-25(18-16-24)36(32,33)31-20-23(22-12-6-3-7-13-22)19-26(31)28-29-27(30-35-28)14-8-11-21-9-4-2-5-10-21/h2-7,9-10,12-13,15-18,23,26H,8,11,14,19-20H2,1H3/t23-,26+/m1/s1. The monoisotopic (exact) mass is 503 g/mol. The van der Waals surface area contributed by atoms with Gasteiger partial charge in [-0.25, -0.2) is 8.42 Å². The molecule has 8 heteroatoms. The molecule has 1 aromatic heterocycles. The lowest BCUT2D eigenvalue weighted by Gasteiger charge is -2.21. The highest BCUT2D eigenvalue weighted by Crippen LogP contribution is 2.43. The summed E-state index contributed by atoms with van der Waals surface area (Å²) in [5, 5.41) is 4.18. The highest BCUT2D eigenvalue weighted by molar-refractivity contribution is 7.89. The van der Waals surface area contributed by atoms with E-state index in [9.17, 15) is 8.42 Å². The fraction of sp³-hybridized carbons (Fsp3) is 0.286. The minimum Gasteiger partial charge on any atom is -0.497 e. The Kier molecular flexibility index (Phi) is 7.16. The van der Waals surface area contributed by atoms with E-state index >= 15 is 0 Å². The molecule has 0 N–H and O–H groups in total. The van der Waals surface area contributed by atoms with Crippen molar-refractivity contribution in [1.29, 1.82) is 0 Å². The zero-order chi connectivity index (χ0) is 25.0. The summed E-state index contributed by atoms with van der Waals surface area (Å²) in [6.07, 6.45) is 3.04. The molecule has 0 radical (unpaired) electrons. The van der Waals surface area contributed by atoms with Crippen LogP contribution in [0.3, 0.4) is 0 Å². The molecule has 4 aromatic rings. The van der Waals surface area contributed by atoms with Gasteiger partial charge in [-0.15, -0.1) is 0 Å². The molecule has 5 rings (SSSR count). The fourth-order valence-electron chi connectivity index (χ4n) is 4.75. The van der Waals surface area contributed by atoms with Crippen LogP contribution >= 0.6 is 0 Å². The van der Waals surface area contributed by atoms with Crippen molar-refractivity contribution < 1.29 is 17.7 Å². The van der Waals surface area contributed by atoms with E-state index in [4.69, 9.17) is 9.26 Å². The van der Waals surface area contributed by atoms with Gasteiger partial charge in [-0.2, -0.15) is 9.29 Å². The first-order chi connectivity index (χ1) is 17.5. The van der Waals surface area contributed by atoms with Crippen LogP contribution in [0.5, 0.6) is 5.75 Å². The molecule has 7 nitrogen and oxygen atoms in total. The van der Waals surface area contributed by atoms with Crippen molar-refractivity contribution in [3.63, 3.8) is 0 Å². The summed E-state index contributed by atoms with van der Waals surface area (Å²) in [5.74, 6) is 1.58. The van der Waals surface area contributed by atoms with Crippen molar-refractivity contribution in [1.82, 2.24) is 14.4 Å². The summed E-state index contributed by atoms with van der Waals surface area (Å²) < 4.78 is 39.8. The smallest absolute Gasteiger partial charge is 0.245 e. The molecule has 0 spiro atoms. The minimum atomic E-state index is -3.80. The van der Waals surface area contributed by atoms with E-state index in [0.29, 0.717) is 36.9 Å². The molecule has 1 saturated heterocycles. The molecule has 36 heavy (non-hydrogen) atoms. The second-order valence-electron chi connectivity index (χ2n) is 9.00. The molecular weight excluding hydrogens is 474 g/mol. The number of ether oxygens (including phenoxy) is 1. The highest BCUT2D eigenvalue weighted by Gasteiger charge is 2.44. The van der Waals surface area contributed by atoms with Crippen molar-refractivity contribution in [2.24, 2.45) is 0 Å². The van der Waals surface area contributed by atoms with Crippen LogP contribution in [0.4, 0.5) is 0 Å². The van der Waals surface area contributed by atoms with Crippen LogP contribution in [0, 0.1) is 0 Å². The lowest BCUT2D eigenvalue weighted by molar-refractivity contribution is 0.289. The molecular formula is C28H29N3O4S. The van der Waals surface area contributed by atoms with Gasteiger partial charge in [0.2, 0.25) is 15.9 Å². The summed E-state index contributed by atoms with van der Waals surface area (Å²) in [6.45, 7) is 0.342. The molecule has 0 unspecified atom stereocenters. The lowest BCUT2D eigenvalue weighted by atomic mass is 9.96. The van der Waals surface area contributed by atoms with Crippen molar-refractivity contribution in [2.75, 3.05) is 13.7 Å². The second kappa shape index (κ2) is 10.6. The van der Waals surface area contributed by atoms with Gasteiger partial charge in [0.15, 0.2) is 5.82 Å². The van der Waals surface area contributed by atoms with Crippen LogP contribution < -0.4 is 4.74 Å². The van der Waals surface area contributed by atoms with Gasteiger partial charge in [0.25, 0.3) is 0 Å². The highest BCUT2D eigenvalue weighted by atomic mass is 32.2. The predicted octanol–water partition coefficient (Wildman–Crippen LogP) is 5.17. The number of methoxy groups -OCH3 is 1. The van der Waals surface area contributed by atoms with Crippen LogP contribution in [0.2, 0.25) is 0 Å². The van der Waals surface area contributed by atoms with Crippen LogP contribution in [0.25, 0.3) is 0 Å². The van der Waals surface area contributed by atoms with Gasteiger partial charge in [0.05, 0.1) is 12.0 Å². The van der Waals surface area contributed by atoms with Crippen LogP contribution in [-0.4, -0.2) is 36.5 Å². The first-order valence-electron chi connectivity index (χ1n) is 12.1. The summed E-state index contributed by atoms with van der Waals surface area (Å²) in [6, 6.07) is 26.2. The maximum Gasteiger partial charge on any atom is 0.245 e. The van der Waals surface area contributed by atoms with E-state index in [0.717, 1.165) is 18.4 Å². The largest absolute Gasteiger partial charge is 0.497 e. The average Bonchev–Trinajstić information content (AvgIpc) is 3.58. The fourth-order valence-corrected chi connectivity index (χ4v) is 6.38. The van der Waals surface area contributed by atoms with Crippen LogP contribution in [0.15, 0.2) is 94.3 Å². The Balaban J connectivity index is 1.38. The van der Waals surface area contributed by atoms with E-state index in [1.807, 2.05) is 48.5 Å². The Hall–Kier alpha value is -3.49. The molecule has 186 valence electrons. The maximum absolute atomic E-state index is 13.7. The van der Waals surface area contributed by atoms with E-state index in [-0.39, 0.29) is 10.8 Å². The Morgan fingerprint density at radius 3 is 2.33 bits per heavy atom. The van der Waals surface area contributed by atoms with Crippen molar-refractivity contribution >= 4 is 10.0 Å². The zero-order valence-corrected chi connectivity index (χ0v) is 21.0. The third-order valence-corrected chi connectivity index (χ3v) is 8.56. The summed E-state index contributed by atoms with van der Waals surface area (Å²) in [4.78, 5) is 4.85. The van der Waals surface area contributed by atoms with Crippen molar-refractivity contribution in [3.05, 3.63) is 108 Å². The van der Waals surface area contributed by atoms with E-state index in [1.54, 1.807) is 31.4 Å². The van der Waals surface area contributed by atoms with Gasteiger partial charge in [-0.3, -0.25) is 0 Å². The van der Waals surface area contributed by atoms with Crippen molar-refractivity contribution in [2.45, 2.75) is 42.5 Å². The number of hydrogen-bond donors (Lipinski definition) is 0. The van der Waals surface area contributed by atoms with Gasteiger partial charge < -0.3 is 9.26 Å². The maximum atomic E-state index is 13.7. The Labute approximate surface area is 211 Å². The van der Waals surface area contributed by atoms with Crippen LogP contribution in [0.1, 0.15) is 47.6 Å². The number of rotatable bonds is 9. The number of nitrogens with zero attached hydrogens (tertiary/aromatic N) is 3. The first kappa shape index (κ1) is 24.2. The van der Waals surface area contributed by atoms with Gasteiger partial charge in [-0.1, -0.05) is 65.8 Å². The Morgan fingerprint density at radius 1 is 0.944 bits per heavy atom. The van der Waals surface area contributed by atoms with E-state index < -0.39 is 16.1 Å². The second-order valence-corrected chi connectivity index (χ2v) is 10.9. The lowest BCUT2D eigenvalue weighted by Crippen LogP contribution is -2.31. The third-order valence-electron chi connectivity index (χ3n) is 6.67. The summed E-state index contributed by atoms with van der Waals surface area (Å²) in [5.41, 5.74) is 2.36. The topological polar surface area (TPSA) is 85.5 Å². The molecule has 2 atom stereocenters. The molecule has 1 fully saturated rings. The molecule has 1 aliphatic rings. The number of sulfonamides is 1. The Morgan fingerprint density at radius 2 is 1.64 bits per heavy atom. The number of benzene rings is 3. The van der Waals surface area contributed by atoms with Gasteiger partial charge >= 0.3 is 0 Å². The normalized spacial score (nSPS) is 18.4. The molecule has 0 saturated carbocycles. The molecule has 0 bridgehead atoms. The number of hydrogen-bond acceptors (Lipinski definition) is 6. The SMILES string of the molecule is COc1ccc(S(=O)(=O)N2C[C@H](c3ccccc3)C[C@H]2c2nc(CCCc3ccccc3)no2)cc1. The predicted molar refractivity (Wildman–Crippen MR) is 136 cm³/mol. The molecule has 0 aliphatic carbocycles. The number of aryl methyl sites for hydroxylation is 2. The molecule has 0 amide bonds. The first-order valence-corrected chi connectivity index (χ1v) is 13.6. The quantitative estimate of drug-likeness (QED) is 0.313. The average molecular weight is 504 g/mol. The molecule has 2 heterocycles. The summed E-state index contributed by atoms with van der Waals surface area (Å²) >= 11 is 0. The number of aromatic nitrogens is 2. The van der Waals surface area contributed by atoms with E-state index in [2.05, 4.69) is 22.3 Å². The Bertz CT molecular complexity index is 1370. The molecule has 3 aromatic carbocycles. The van der Waals surface area contributed by atoms with Gasteiger partial charge in [-0.05, 0) is 60.6 Å². The minimum absolute atomic E-state index is 0.0256. The van der Waals surface area contributed by atoms with Gasteiger partial charge in [0, 0.05) is 13.0 Å². The zero-order valence-electron chi connectivity index (χ0n) is 20.2. The van der Waals surface area contributed by atoms with Crippen molar-refractivity contribution in [3.8, 4) is 5.75 Å². The molecule has 1 aliphatic heterocycles. The van der Waals surface area contributed by atoms with E-state index in [1.165, 1.54) is 9.87 Å². The van der Waals surface area contributed by atoms with Crippen LogP contribution in [-0.2, 0) is 22.9 Å². The van der Waals surface area contributed by atoms with Gasteiger partial charge in [0.1, 0.15) is 11.8 Å². The third kappa shape index (κ3) is 5.20.